The molecular weight excluding hydrogens is 278 g/mol. The van der Waals surface area contributed by atoms with Gasteiger partial charge in [0.05, 0.1) is 18.1 Å². The lowest BCUT2D eigenvalue weighted by Gasteiger charge is -2.13. The average Bonchev–Trinajstić information content (AvgIpc) is 2.88. The molecule has 20 heavy (non-hydrogen) atoms. The van der Waals surface area contributed by atoms with E-state index in [1.165, 1.54) is 12.5 Å². The number of sulfonamides is 1. The van der Waals surface area contributed by atoms with E-state index in [9.17, 15) is 13.5 Å². The molecule has 1 heterocycles. The molecule has 0 aliphatic heterocycles. The number of aliphatic hydroxyl groups is 1. The van der Waals surface area contributed by atoms with Crippen LogP contribution in [0.4, 0.5) is 5.69 Å². The Labute approximate surface area is 118 Å². The largest absolute Gasteiger partial charge is 0.389 e. The van der Waals surface area contributed by atoms with Gasteiger partial charge in [0, 0.05) is 18.3 Å². The van der Waals surface area contributed by atoms with Crippen LogP contribution in [0.25, 0.3) is 0 Å². The number of nitrogens with one attached hydrogen (secondary N) is 1. The minimum absolute atomic E-state index is 0.0419. The molecule has 2 aromatic rings. The summed E-state index contributed by atoms with van der Waals surface area (Å²) in [5, 5.41) is 9.62. The lowest BCUT2D eigenvalue weighted by atomic mass is 10.1. The van der Waals surface area contributed by atoms with Gasteiger partial charge in [0.25, 0.3) is 10.0 Å². The van der Waals surface area contributed by atoms with Crippen LogP contribution in [-0.4, -0.2) is 23.1 Å². The summed E-state index contributed by atoms with van der Waals surface area (Å²) >= 11 is 0. The molecule has 0 aliphatic carbocycles. The van der Waals surface area contributed by atoms with Crippen LogP contribution in [0.5, 0.6) is 0 Å². The number of aliphatic hydroxyl groups excluding tert-OH is 1. The fourth-order valence-electron chi connectivity index (χ4n) is 1.80. The normalized spacial score (nSPS) is 13.2. The fraction of sp³-hybridized carbons (Fsp3) is 0.308. The number of nitrogens with zero attached hydrogens (tertiary/aromatic N) is 2. The Kier molecular flexibility index (Phi) is 4.10. The monoisotopic (exact) mass is 295 g/mol. The molecule has 0 radical (unpaired) electrons. The molecule has 0 bridgehead atoms. The van der Waals surface area contributed by atoms with Crippen molar-refractivity contribution in [1.29, 1.82) is 0 Å². The molecule has 2 N–H and O–H groups in total. The molecule has 6 nitrogen and oxygen atoms in total. The van der Waals surface area contributed by atoms with E-state index < -0.39 is 16.1 Å². The zero-order valence-corrected chi connectivity index (χ0v) is 12.1. The van der Waals surface area contributed by atoms with Crippen molar-refractivity contribution in [1.82, 2.24) is 9.55 Å². The van der Waals surface area contributed by atoms with E-state index in [0.29, 0.717) is 17.8 Å². The number of hydrogen-bond acceptors (Lipinski definition) is 4. The first-order chi connectivity index (χ1) is 9.44. The van der Waals surface area contributed by atoms with Crippen LogP contribution in [0.1, 0.15) is 25.5 Å². The van der Waals surface area contributed by atoms with Gasteiger partial charge in [0.2, 0.25) is 0 Å². The van der Waals surface area contributed by atoms with Gasteiger partial charge < -0.3 is 9.67 Å². The molecule has 0 saturated carbocycles. The van der Waals surface area contributed by atoms with Crippen molar-refractivity contribution in [3.05, 3.63) is 42.4 Å². The van der Waals surface area contributed by atoms with Crippen molar-refractivity contribution in [2.75, 3.05) is 4.72 Å². The third-order valence-electron chi connectivity index (χ3n) is 2.91. The first-order valence-corrected chi connectivity index (χ1v) is 7.74. The van der Waals surface area contributed by atoms with Crippen molar-refractivity contribution in [3.63, 3.8) is 0 Å². The molecule has 7 heteroatoms. The van der Waals surface area contributed by atoms with E-state index in [1.54, 1.807) is 35.8 Å². The van der Waals surface area contributed by atoms with E-state index in [-0.39, 0.29) is 5.03 Å². The summed E-state index contributed by atoms with van der Waals surface area (Å²) in [6.07, 6.45) is 2.17. The topological polar surface area (TPSA) is 84.2 Å². The third kappa shape index (κ3) is 3.00. The summed E-state index contributed by atoms with van der Waals surface area (Å²) in [4.78, 5) is 3.88. The van der Waals surface area contributed by atoms with Crippen molar-refractivity contribution in [3.8, 4) is 0 Å². The Morgan fingerprint density at radius 2 is 2.10 bits per heavy atom. The second-order valence-corrected chi connectivity index (χ2v) is 6.04. The van der Waals surface area contributed by atoms with Crippen LogP contribution in [0.15, 0.2) is 41.8 Å². The van der Waals surface area contributed by atoms with Crippen LogP contribution in [0, 0.1) is 0 Å². The third-order valence-corrected chi connectivity index (χ3v) is 4.16. The highest BCUT2D eigenvalue weighted by molar-refractivity contribution is 7.92. The number of aryl methyl sites for hydroxylation is 1. The Bertz CT molecular complexity index is 692. The van der Waals surface area contributed by atoms with E-state index in [0.717, 1.165) is 0 Å². The maximum absolute atomic E-state index is 12.2. The van der Waals surface area contributed by atoms with Crippen LogP contribution < -0.4 is 4.72 Å². The molecule has 108 valence electrons. The summed E-state index contributed by atoms with van der Waals surface area (Å²) in [5.41, 5.74) is 0.875. The molecule has 1 aromatic carbocycles. The van der Waals surface area contributed by atoms with E-state index >= 15 is 0 Å². The number of anilines is 1. The molecule has 0 saturated heterocycles. The first kappa shape index (κ1) is 14.5. The highest BCUT2D eigenvalue weighted by atomic mass is 32.2. The standard InChI is InChI=1S/C13H17N3O3S/c1-3-16-8-13(14-9-16)20(18,19)15-12-7-5-4-6-11(12)10(2)17/h4-10,15,17H,3H2,1-2H3. The lowest BCUT2D eigenvalue weighted by molar-refractivity contribution is 0.200. The molecule has 0 aliphatic rings. The Hall–Kier alpha value is -1.86. The van der Waals surface area contributed by atoms with E-state index in [1.807, 2.05) is 6.92 Å². The van der Waals surface area contributed by atoms with Crippen LogP contribution >= 0.6 is 0 Å². The smallest absolute Gasteiger partial charge is 0.280 e. The number of imidazole rings is 1. The fourth-order valence-corrected chi connectivity index (χ4v) is 2.84. The minimum Gasteiger partial charge on any atom is -0.389 e. The molecule has 0 fully saturated rings. The van der Waals surface area contributed by atoms with Gasteiger partial charge in [-0.05, 0) is 19.9 Å². The van der Waals surface area contributed by atoms with Crippen LogP contribution in [0.2, 0.25) is 0 Å². The predicted molar refractivity (Wildman–Crippen MR) is 75.8 cm³/mol. The van der Waals surface area contributed by atoms with Gasteiger partial charge in [-0.1, -0.05) is 18.2 Å². The minimum atomic E-state index is -3.75. The Morgan fingerprint density at radius 1 is 1.40 bits per heavy atom. The highest BCUT2D eigenvalue weighted by Crippen LogP contribution is 2.24. The summed E-state index contributed by atoms with van der Waals surface area (Å²) in [6.45, 7) is 4.12. The molecule has 0 spiro atoms. The summed E-state index contributed by atoms with van der Waals surface area (Å²) < 4.78 is 28.6. The Balaban J connectivity index is 2.33. The Morgan fingerprint density at radius 3 is 2.70 bits per heavy atom. The predicted octanol–water partition coefficient (Wildman–Crippen LogP) is 1.76. The van der Waals surface area contributed by atoms with Gasteiger partial charge in [-0.3, -0.25) is 4.72 Å². The summed E-state index contributed by atoms with van der Waals surface area (Å²) in [7, 11) is -3.75. The number of aromatic nitrogens is 2. The summed E-state index contributed by atoms with van der Waals surface area (Å²) in [6, 6.07) is 6.73. The van der Waals surface area contributed by atoms with Crippen molar-refractivity contribution < 1.29 is 13.5 Å². The van der Waals surface area contributed by atoms with Crippen molar-refractivity contribution >= 4 is 15.7 Å². The number of hydrogen-bond donors (Lipinski definition) is 2. The highest BCUT2D eigenvalue weighted by Gasteiger charge is 2.19. The van der Waals surface area contributed by atoms with Gasteiger partial charge >= 0.3 is 0 Å². The zero-order valence-electron chi connectivity index (χ0n) is 11.3. The van der Waals surface area contributed by atoms with Gasteiger partial charge in [-0.15, -0.1) is 0 Å². The average molecular weight is 295 g/mol. The second-order valence-electron chi connectivity index (χ2n) is 4.41. The van der Waals surface area contributed by atoms with Gasteiger partial charge in [0.15, 0.2) is 5.03 Å². The molecule has 0 amide bonds. The van der Waals surface area contributed by atoms with E-state index in [2.05, 4.69) is 9.71 Å². The molecule has 1 unspecified atom stereocenters. The molecule has 2 rings (SSSR count). The second kappa shape index (κ2) is 5.64. The van der Waals surface area contributed by atoms with Crippen molar-refractivity contribution in [2.24, 2.45) is 0 Å². The molecule has 1 aromatic heterocycles. The van der Waals surface area contributed by atoms with Gasteiger partial charge in [-0.2, -0.15) is 8.42 Å². The number of para-hydroxylation sites is 1. The molecule has 1 atom stereocenters. The van der Waals surface area contributed by atoms with Crippen molar-refractivity contribution in [2.45, 2.75) is 31.5 Å². The van der Waals surface area contributed by atoms with Gasteiger partial charge in [0.1, 0.15) is 0 Å². The lowest BCUT2D eigenvalue weighted by Crippen LogP contribution is -2.15. The maximum atomic E-state index is 12.2. The van der Waals surface area contributed by atoms with Crippen LogP contribution in [-0.2, 0) is 16.6 Å². The first-order valence-electron chi connectivity index (χ1n) is 6.25. The van der Waals surface area contributed by atoms with Gasteiger partial charge in [-0.25, -0.2) is 4.98 Å². The van der Waals surface area contributed by atoms with E-state index in [4.69, 9.17) is 0 Å². The number of benzene rings is 1. The number of rotatable bonds is 5. The maximum Gasteiger partial charge on any atom is 0.280 e. The zero-order chi connectivity index (χ0) is 14.8. The van der Waals surface area contributed by atoms with Crippen LogP contribution in [0.3, 0.4) is 0 Å². The quantitative estimate of drug-likeness (QED) is 0.880. The SMILES string of the molecule is CCn1cnc(S(=O)(=O)Nc2ccccc2C(C)O)c1. The molecular formula is C13H17N3O3S. The summed E-state index contributed by atoms with van der Waals surface area (Å²) in [5.74, 6) is 0.